The number of anilines is 2. The van der Waals surface area contributed by atoms with Crippen LogP contribution in [0.3, 0.4) is 0 Å². The maximum atomic E-state index is 8.99. The number of benzene rings is 2. The molecule has 0 unspecified atom stereocenters. The fourth-order valence-corrected chi connectivity index (χ4v) is 3.05. The van der Waals surface area contributed by atoms with E-state index in [1.165, 1.54) is 0 Å². The molecule has 3 aromatic rings. The lowest BCUT2D eigenvalue weighted by Crippen LogP contribution is -2.47. The SMILES string of the molecule is N#Cc1ccc(-c2ccnc(N(c3ccccc3)N3CCOCC3)n2)cc1. The smallest absolute Gasteiger partial charge is 0.245 e. The van der Waals surface area contributed by atoms with Gasteiger partial charge in [0.15, 0.2) is 0 Å². The lowest BCUT2D eigenvalue weighted by atomic mass is 10.1. The highest BCUT2D eigenvalue weighted by atomic mass is 16.5. The highest BCUT2D eigenvalue weighted by Crippen LogP contribution is 2.27. The molecule has 0 N–H and O–H groups in total. The van der Waals surface area contributed by atoms with Crippen molar-refractivity contribution >= 4 is 11.6 Å². The van der Waals surface area contributed by atoms with Crippen LogP contribution in [0.25, 0.3) is 11.3 Å². The number of ether oxygens (including phenoxy) is 1. The van der Waals surface area contributed by atoms with Gasteiger partial charge in [0.05, 0.1) is 36.2 Å². The molecule has 2 heterocycles. The van der Waals surface area contributed by atoms with Crippen molar-refractivity contribution < 1.29 is 4.74 Å². The molecule has 2 aromatic carbocycles. The van der Waals surface area contributed by atoms with E-state index in [1.54, 1.807) is 18.3 Å². The zero-order valence-electron chi connectivity index (χ0n) is 14.8. The summed E-state index contributed by atoms with van der Waals surface area (Å²) in [4.78, 5) is 9.33. The molecule has 0 radical (unpaired) electrons. The van der Waals surface area contributed by atoms with Gasteiger partial charge in [0.2, 0.25) is 5.95 Å². The average Bonchev–Trinajstić information content (AvgIpc) is 2.76. The number of aromatic nitrogens is 2. The van der Waals surface area contributed by atoms with Crippen LogP contribution in [-0.2, 0) is 4.74 Å². The lowest BCUT2D eigenvalue weighted by Gasteiger charge is -2.37. The van der Waals surface area contributed by atoms with Gasteiger partial charge in [0, 0.05) is 24.8 Å². The van der Waals surface area contributed by atoms with Crippen molar-refractivity contribution in [2.75, 3.05) is 31.3 Å². The van der Waals surface area contributed by atoms with E-state index in [0.29, 0.717) is 24.7 Å². The molecule has 4 rings (SSSR count). The van der Waals surface area contributed by atoms with Crippen LogP contribution < -0.4 is 5.01 Å². The third-order valence-corrected chi connectivity index (χ3v) is 4.41. The van der Waals surface area contributed by atoms with Crippen molar-refractivity contribution in [1.29, 1.82) is 5.26 Å². The number of nitriles is 1. The lowest BCUT2D eigenvalue weighted by molar-refractivity contribution is 0.0371. The molecule has 27 heavy (non-hydrogen) atoms. The van der Waals surface area contributed by atoms with Crippen molar-refractivity contribution in [2.24, 2.45) is 0 Å². The summed E-state index contributed by atoms with van der Waals surface area (Å²) in [7, 11) is 0. The third-order valence-electron chi connectivity index (χ3n) is 4.41. The molecule has 134 valence electrons. The number of rotatable bonds is 4. The fraction of sp³-hybridized carbons (Fsp3) is 0.190. The van der Waals surface area contributed by atoms with E-state index in [2.05, 4.69) is 21.1 Å². The number of hydrazine groups is 1. The van der Waals surface area contributed by atoms with E-state index in [0.717, 1.165) is 30.0 Å². The first-order valence-electron chi connectivity index (χ1n) is 8.86. The van der Waals surface area contributed by atoms with Gasteiger partial charge in [0.25, 0.3) is 0 Å². The van der Waals surface area contributed by atoms with Crippen molar-refractivity contribution in [3.63, 3.8) is 0 Å². The molecule has 1 aromatic heterocycles. The standard InChI is InChI=1S/C21H19N5O/c22-16-17-6-8-18(9-7-17)20-10-11-23-21(24-20)26(19-4-2-1-3-5-19)25-12-14-27-15-13-25/h1-11H,12-15H2. The minimum absolute atomic E-state index is 0.616. The molecular formula is C21H19N5O. The molecule has 0 amide bonds. The van der Waals surface area contributed by atoms with Gasteiger partial charge in [-0.15, -0.1) is 0 Å². The Morgan fingerprint density at radius 3 is 2.41 bits per heavy atom. The summed E-state index contributed by atoms with van der Waals surface area (Å²) in [5.41, 5.74) is 3.41. The van der Waals surface area contributed by atoms with Crippen LogP contribution in [0, 0.1) is 11.3 Å². The summed E-state index contributed by atoms with van der Waals surface area (Å²) in [5.74, 6) is 0.616. The first-order valence-corrected chi connectivity index (χ1v) is 8.86. The second-order valence-corrected chi connectivity index (χ2v) is 6.14. The minimum atomic E-state index is 0.616. The van der Waals surface area contributed by atoms with Gasteiger partial charge in [-0.2, -0.15) is 5.26 Å². The Morgan fingerprint density at radius 1 is 0.963 bits per heavy atom. The zero-order valence-corrected chi connectivity index (χ0v) is 14.8. The van der Waals surface area contributed by atoms with Crippen LogP contribution >= 0.6 is 0 Å². The Morgan fingerprint density at radius 2 is 1.70 bits per heavy atom. The number of para-hydroxylation sites is 1. The van der Waals surface area contributed by atoms with E-state index in [9.17, 15) is 0 Å². The molecule has 6 nitrogen and oxygen atoms in total. The van der Waals surface area contributed by atoms with Gasteiger partial charge in [-0.1, -0.05) is 30.3 Å². The third kappa shape index (κ3) is 3.80. The molecule has 1 aliphatic rings. The van der Waals surface area contributed by atoms with Crippen LogP contribution in [0.2, 0.25) is 0 Å². The molecule has 1 fully saturated rings. The highest BCUT2D eigenvalue weighted by molar-refractivity contribution is 5.63. The summed E-state index contributed by atoms with van der Waals surface area (Å²) in [6, 6.07) is 21.5. The maximum absolute atomic E-state index is 8.99. The van der Waals surface area contributed by atoms with Crippen LogP contribution in [0.15, 0.2) is 66.9 Å². The van der Waals surface area contributed by atoms with Gasteiger partial charge in [0.1, 0.15) is 0 Å². The van der Waals surface area contributed by atoms with Crippen LogP contribution in [-0.4, -0.2) is 41.3 Å². The van der Waals surface area contributed by atoms with Crippen molar-refractivity contribution in [3.8, 4) is 17.3 Å². The van der Waals surface area contributed by atoms with E-state index in [-0.39, 0.29) is 0 Å². The van der Waals surface area contributed by atoms with E-state index in [4.69, 9.17) is 15.0 Å². The summed E-state index contributed by atoms with van der Waals surface area (Å²) in [5, 5.41) is 13.2. The van der Waals surface area contributed by atoms with Gasteiger partial charge in [-0.25, -0.2) is 20.0 Å². The van der Waals surface area contributed by atoms with Gasteiger partial charge in [-0.05, 0) is 30.3 Å². The Hall–Kier alpha value is -3.27. The Bertz CT molecular complexity index is 931. The predicted octanol–water partition coefficient (Wildman–Crippen LogP) is 3.40. The van der Waals surface area contributed by atoms with Gasteiger partial charge in [-0.3, -0.25) is 0 Å². The van der Waals surface area contributed by atoms with Crippen LogP contribution in [0.4, 0.5) is 11.6 Å². The summed E-state index contributed by atoms with van der Waals surface area (Å²) in [6.45, 7) is 2.91. The Balaban J connectivity index is 1.72. The molecule has 0 aliphatic carbocycles. The highest BCUT2D eigenvalue weighted by Gasteiger charge is 2.23. The second kappa shape index (κ2) is 7.96. The topological polar surface area (TPSA) is 65.3 Å². The number of hydrogen-bond acceptors (Lipinski definition) is 6. The molecule has 0 spiro atoms. The molecule has 1 aliphatic heterocycles. The summed E-state index contributed by atoms with van der Waals surface area (Å²) in [6.07, 6.45) is 1.77. The van der Waals surface area contributed by atoms with E-state index >= 15 is 0 Å². The largest absolute Gasteiger partial charge is 0.379 e. The predicted molar refractivity (Wildman–Crippen MR) is 103 cm³/mol. The number of hydrogen-bond donors (Lipinski definition) is 0. The van der Waals surface area contributed by atoms with E-state index in [1.807, 2.05) is 48.5 Å². The second-order valence-electron chi connectivity index (χ2n) is 6.14. The minimum Gasteiger partial charge on any atom is -0.379 e. The number of nitrogens with zero attached hydrogens (tertiary/aromatic N) is 5. The molecule has 6 heteroatoms. The molecule has 0 bridgehead atoms. The summed E-state index contributed by atoms with van der Waals surface area (Å²) < 4.78 is 5.50. The van der Waals surface area contributed by atoms with Crippen LogP contribution in [0.5, 0.6) is 0 Å². The van der Waals surface area contributed by atoms with Crippen molar-refractivity contribution in [1.82, 2.24) is 15.0 Å². The molecular weight excluding hydrogens is 338 g/mol. The zero-order chi connectivity index (χ0) is 18.5. The van der Waals surface area contributed by atoms with E-state index < -0.39 is 0 Å². The monoisotopic (exact) mass is 357 g/mol. The van der Waals surface area contributed by atoms with Crippen molar-refractivity contribution in [2.45, 2.75) is 0 Å². The van der Waals surface area contributed by atoms with Crippen LogP contribution in [0.1, 0.15) is 5.56 Å². The first kappa shape index (κ1) is 17.2. The molecule has 0 saturated carbocycles. The quantitative estimate of drug-likeness (QED) is 0.713. The molecule has 0 atom stereocenters. The maximum Gasteiger partial charge on any atom is 0.245 e. The average molecular weight is 357 g/mol. The van der Waals surface area contributed by atoms with Gasteiger partial charge >= 0.3 is 0 Å². The fourth-order valence-electron chi connectivity index (χ4n) is 3.05. The normalized spacial score (nSPS) is 14.5. The first-order chi connectivity index (χ1) is 13.3. The van der Waals surface area contributed by atoms with Crippen molar-refractivity contribution in [3.05, 3.63) is 72.4 Å². The number of morpholine rings is 1. The van der Waals surface area contributed by atoms with Gasteiger partial charge < -0.3 is 4.74 Å². The molecule has 1 saturated heterocycles. The Kier molecular flexibility index (Phi) is 5.06. The summed E-state index contributed by atoms with van der Waals surface area (Å²) >= 11 is 0. The Labute approximate surface area is 158 Å².